The van der Waals surface area contributed by atoms with Crippen LogP contribution < -0.4 is 10.1 Å². The molecule has 108 valence electrons. The molecule has 0 radical (unpaired) electrons. The number of nitriles is 1. The molecular weight excluding hydrogens is 252 g/mol. The fourth-order valence-electron chi connectivity index (χ4n) is 2.40. The van der Waals surface area contributed by atoms with E-state index in [4.69, 9.17) is 10.00 Å². The highest BCUT2D eigenvalue weighted by Crippen LogP contribution is 2.34. The van der Waals surface area contributed by atoms with E-state index in [0.717, 1.165) is 5.92 Å². The largest absolute Gasteiger partial charge is 0.489 e. The monoisotopic (exact) mass is 274 g/mol. The van der Waals surface area contributed by atoms with Gasteiger partial charge in [0.15, 0.2) is 0 Å². The summed E-state index contributed by atoms with van der Waals surface area (Å²) in [4.78, 5) is 0. The van der Waals surface area contributed by atoms with Crippen molar-refractivity contribution in [3.05, 3.63) is 29.8 Å². The van der Waals surface area contributed by atoms with Crippen LogP contribution in [-0.4, -0.2) is 30.4 Å². The lowest BCUT2D eigenvalue weighted by atomic mass is 10.2. The molecule has 1 saturated carbocycles. The first-order valence-electron chi connectivity index (χ1n) is 7.28. The number of ether oxygens (including phenoxy) is 1. The molecule has 1 aliphatic rings. The van der Waals surface area contributed by atoms with Crippen LogP contribution in [-0.2, 0) is 0 Å². The lowest BCUT2D eigenvalue weighted by Crippen LogP contribution is -2.33. The first-order valence-corrected chi connectivity index (χ1v) is 7.28. The molecule has 0 spiro atoms. The second-order valence-electron chi connectivity index (χ2n) is 5.37. The van der Waals surface area contributed by atoms with Gasteiger partial charge in [-0.1, -0.05) is 25.5 Å². The van der Waals surface area contributed by atoms with Crippen LogP contribution in [0.3, 0.4) is 0 Å². The normalized spacial score (nSPS) is 22.1. The van der Waals surface area contributed by atoms with E-state index in [2.05, 4.69) is 18.3 Å². The predicted octanol–water partition coefficient (Wildman–Crippen LogP) is 2.08. The van der Waals surface area contributed by atoms with Crippen LogP contribution in [0.4, 0.5) is 0 Å². The maximum atomic E-state index is 9.90. The minimum atomic E-state index is -0.551. The van der Waals surface area contributed by atoms with Crippen molar-refractivity contribution < 1.29 is 9.84 Å². The molecule has 0 aliphatic heterocycles. The predicted molar refractivity (Wildman–Crippen MR) is 77.5 cm³/mol. The van der Waals surface area contributed by atoms with Crippen molar-refractivity contribution in [2.24, 2.45) is 5.92 Å². The molecule has 1 fully saturated rings. The third-order valence-electron chi connectivity index (χ3n) is 3.64. The summed E-state index contributed by atoms with van der Waals surface area (Å²) in [5.41, 5.74) is 0.498. The molecular formula is C16H22N2O2. The number of nitrogens with zero attached hydrogens (tertiary/aromatic N) is 1. The van der Waals surface area contributed by atoms with Crippen LogP contribution in [0.15, 0.2) is 24.3 Å². The second kappa shape index (κ2) is 7.28. The van der Waals surface area contributed by atoms with Gasteiger partial charge in [-0.15, -0.1) is 0 Å². The van der Waals surface area contributed by atoms with Gasteiger partial charge in [0.1, 0.15) is 24.5 Å². The van der Waals surface area contributed by atoms with E-state index in [1.165, 1.54) is 19.3 Å². The summed E-state index contributed by atoms with van der Waals surface area (Å²) < 4.78 is 5.50. The molecule has 0 bridgehead atoms. The van der Waals surface area contributed by atoms with Gasteiger partial charge in [-0.25, -0.2) is 0 Å². The molecule has 20 heavy (non-hydrogen) atoms. The molecule has 1 aromatic rings. The number of hydrogen-bond acceptors (Lipinski definition) is 4. The van der Waals surface area contributed by atoms with Crippen molar-refractivity contribution in [1.82, 2.24) is 5.32 Å². The SMILES string of the molecule is CCCC1CC1NCC(O)COc1ccccc1C#N. The quantitative estimate of drug-likeness (QED) is 0.761. The standard InChI is InChI=1S/C16H22N2O2/c1-2-5-12-8-15(12)18-10-14(19)11-20-16-7-4-3-6-13(16)9-17/h3-4,6-7,12,14-15,18-19H,2,5,8,10-11H2,1H3. The lowest BCUT2D eigenvalue weighted by Gasteiger charge is -2.14. The highest BCUT2D eigenvalue weighted by atomic mass is 16.5. The Morgan fingerprint density at radius 1 is 1.50 bits per heavy atom. The zero-order chi connectivity index (χ0) is 14.4. The van der Waals surface area contributed by atoms with Gasteiger partial charge < -0.3 is 15.2 Å². The Bertz CT molecular complexity index is 470. The average Bonchev–Trinajstić information content (AvgIpc) is 3.22. The molecule has 0 aromatic heterocycles. The first kappa shape index (κ1) is 14.8. The Hall–Kier alpha value is -1.57. The van der Waals surface area contributed by atoms with E-state index < -0.39 is 6.10 Å². The van der Waals surface area contributed by atoms with Crippen LogP contribution >= 0.6 is 0 Å². The van der Waals surface area contributed by atoms with Crippen LogP contribution in [0.5, 0.6) is 5.75 Å². The van der Waals surface area contributed by atoms with E-state index in [0.29, 0.717) is 23.9 Å². The Labute approximate surface area is 120 Å². The number of aliphatic hydroxyl groups excluding tert-OH is 1. The Morgan fingerprint density at radius 3 is 3.05 bits per heavy atom. The molecule has 2 rings (SSSR count). The van der Waals surface area contributed by atoms with Crippen molar-refractivity contribution in [3.63, 3.8) is 0 Å². The van der Waals surface area contributed by atoms with Gasteiger partial charge in [0, 0.05) is 12.6 Å². The van der Waals surface area contributed by atoms with Gasteiger partial charge >= 0.3 is 0 Å². The zero-order valence-electron chi connectivity index (χ0n) is 11.9. The molecule has 4 nitrogen and oxygen atoms in total. The molecule has 3 atom stereocenters. The average molecular weight is 274 g/mol. The van der Waals surface area contributed by atoms with Crippen LogP contribution in [0.1, 0.15) is 31.7 Å². The van der Waals surface area contributed by atoms with Crippen LogP contribution in [0, 0.1) is 17.2 Å². The number of para-hydroxylation sites is 1. The maximum absolute atomic E-state index is 9.90. The number of rotatable bonds is 8. The van der Waals surface area contributed by atoms with Gasteiger partial charge in [-0.05, 0) is 30.9 Å². The number of benzene rings is 1. The lowest BCUT2D eigenvalue weighted by molar-refractivity contribution is 0.105. The molecule has 0 heterocycles. The summed E-state index contributed by atoms with van der Waals surface area (Å²) in [6.07, 6.45) is 3.16. The maximum Gasteiger partial charge on any atom is 0.137 e. The van der Waals surface area contributed by atoms with Crippen molar-refractivity contribution in [3.8, 4) is 11.8 Å². The Morgan fingerprint density at radius 2 is 2.30 bits per heavy atom. The fourth-order valence-corrected chi connectivity index (χ4v) is 2.40. The van der Waals surface area contributed by atoms with Crippen molar-refractivity contribution >= 4 is 0 Å². The van der Waals surface area contributed by atoms with E-state index in [9.17, 15) is 5.11 Å². The zero-order valence-corrected chi connectivity index (χ0v) is 11.9. The van der Waals surface area contributed by atoms with Gasteiger partial charge in [-0.3, -0.25) is 0 Å². The van der Waals surface area contributed by atoms with Crippen LogP contribution in [0.2, 0.25) is 0 Å². The third kappa shape index (κ3) is 4.22. The molecule has 0 amide bonds. The van der Waals surface area contributed by atoms with Crippen molar-refractivity contribution in [2.75, 3.05) is 13.2 Å². The second-order valence-corrected chi connectivity index (χ2v) is 5.37. The van der Waals surface area contributed by atoms with Gasteiger partial charge in [0.05, 0.1) is 5.56 Å². The summed E-state index contributed by atoms with van der Waals surface area (Å²) in [6.45, 7) is 2.95. The molecule has 1 aliphatic carbocycles. The summed E-state index contributed by atoms with van der Waals surface area (Å²) in [5.74, 6) is 1.32. The number of hydrogen-bond donors (Lipinski definition) is 2. The molecule has 4 heteroatoms. The molecule has 2 N–H and O–H groups in total. The minimum Gasteiger partial charge on any atom is -0.489 e. The molecule has 0 saturated heterocycles. The van der Waals surface area contributed by atoms with Crippen molar-refractivity contribution in [2.45, 2.75) is 38.3 Å². The first-order chi connectivity index (χ1) is 9.74. The topological polar surface area (TPSA) is 65.3 Å². The van der Waals surface area contributed by atoms with E-state index in [1.54, 1.807) is 18.2 Å². The van der Waals surface area contributed by atoms with E-state index >= 15 is 0 Å². The summed E-state index contributed by atoms with van der Waals surface area (Å²) >= 11 is 0. The summed E-state index contributed by atoms with van der Waals surface area (Å²) in [6, 6.07) is 9.71. The molecule has 1 aromatic carbocycles. The Balaban J connectivity index is 1.68. The van der Waals surface area contributed by atoms with Gasteiger partial charge in [0.2, 0.25) is 0 Å². The van der Waals surface area contributed by atoms with E-state index in [-0.39, 0.29) is 6.61 Å². The third-order valence-corrected chi connectivity index (χ3v) is 3.64. The minimum absolute atomic E-state index is 0.205. The number of aliphatic hydroxyl groups is 1. The van der Waals surface area contributed by atoms with E-state index in [1.807, 2.05) is 6.07 Å². The number of nitrogens with one attached hydrogen (secondary N) is 1. The smallest absolute Gasteiger partial charge is 0.137 e. The highest BCUT2D eigenvalue weighted by Gasteiger charge is 2.35. The fraction of sp³-hybridized carbons (Fsp3) is 0.562. The van der Waals surface area contributed by atoms with Crippen LogP contribution in [0.25, 0.3) is 0 Å². The summed E-state index contributed by atoms with van der Waals surface area (Å²) in [7, 11) is 0. The van der Waals surface area contributed by atoms with Gasteiger partial charge in [0.25, 0.3) is 0 Å². The highest BCUT2D eigenvalue weighted by molar-refractivity contribution is 5.42. The van der Waals surface area contributed by atoms with Gasteiger partial charge in [-0.2, -0.15) is 5.26 Å². The Kier molecular flexibility index (Phi) is 5.40. The molecule has 3 unspecified atom stereocenters. The van der Waals surface area contributed by atoms with Crippen molar-refractivity contribution in [1.29, 1.82) is 5.26 Å². The summed E-state index contributed by atoms with van der Waals surface area (Å²) in [5, 5.41) is 22.2.